The Balaban J connectivity index is 3.47. The van der Waals surface area contributed by atoms with Gasteiger partial charge in [0.2, 0.25) is 0 Å². The molecule has 1 aromatic carbocycles. The molecule has 0 aliphatic carbocycles. The molecule has 98 valence electrons. The van der Waals surface area contributed by atoms with E-state index in [-0.39, 0.29) is 0 Å². The maximum absolute atomic E-state index is 13.3. The lowest BCUT2D eigenvalue weighted by molar-refractivity contribution is 0.0683. The summed E-state index contributed by atoms with van der Waals surface area (Å²) in [5, 5.41) is 11.3. The Bertz CT molecular complexity index is 628. The van der Waals surface area contributed by atoms with Gasteiger partial charge in [-0.3, -0.25) is 0 Å². The summed E-state index contributed by atoms with van der Waals surface area (Å²) < 4.78 is 53.1. The smallest absolute Gasteiger partial charge is 0.341 e. The van der Waals surface area contributed by atoms with Gasteiger partial charge in [0.25, 0.3) is 0 Å². The molecule has 0 bridgehead atoms. The molecule has 1 rings (SSSR count). The summed E-state index contributed by atoms with van der Waals surface area (Å²) in [5.74, 6) is -6.43. The predicted molar refractivity (Wildman–Crippen MR) is 54.1 cm³/mol. The van der Waals surface area contributed by atoms with Crippen LogP contribution in [0.2, 0.25) is 0 Å². The number of hydrogen-bond donors (Lipinski definition) is 1. The fourth-order valence-electron chi connectivity index (χ4n) is 1.12. The highest BCUT2D eigenvalue weighted by Gasteiger charge is 2.28. The van der Waals surface area contributed by atoms with Gasteiger partial charge in [-0.05, 0) is 5.53 Å². The number of benzene rings is 1. The molecule has 0 atom stereocenters. The van der Waals surface area contributed by atoms with E-state index in [9.17, 15) is 22.4 Å². The lowest BCUT2D eigenvalue weighted by Crippen LogP contribution is -2.11. The zero-order valence-corrected chi connectivity index (χ0v) is 8.92. The first-order valence-corrected chi connectivity index (χ1v) is 4.50. The Hall–Kier alpha value is -2.72. The molecule has 1 aromatic rings. The second-order valence-electron chi connectivity index (χ2n) is 3.00. The molecule has 0 heterocycles. The highest BCUT2D eigenvalue weighted by molar-refractivity contribution is 5.88. The van der Waals surface area contributed by atoms with Crippen molar-refractivity contribution in [2.75, 3.05) is 6.54 Å². The lowest BCUT2D eigenvalue weighted by Gasteiger charge is -2.05. The zero-order chi connectivity index (χ0) is 14.6. The third-order valence-electron chi connectivity index (χ3n) is 1.90. The van der Waals surface area contributed by atoms with Crippen LogP contribution in [0.1, 0.15) is 15.9 Å². The van der Waals surface area contributed by atoms with Crippen LogP contribution in [-0.2, 0) is 0 Å². The molecule has 5 nitrogen and oxygen atoms in total. The number of rotatable bonds is 2. The SMILES string of the molecule is [N-]=[N+]=NCC#Cc1c(F)c(F)c(C(=O)O)c(F)c1F. The highest BCUT2D eigenvalue weighted by atomic mass is 19.2. The van der Waals surface area contributed by atoms with E-state index in [0.717, 1.165) is 0 Å². The third-order valence-corrected chi connectivity index (χ3v) is 1.90. The molecular formula is C10H3F4N3O2. The predicted octanol–water partition coefficient (Wildman–Crippen LogP) is 2.60. The fraction of sp³-hybridized carbons (Fsp3) is 0.100. The van der Waals surface area contributed by atoms with Crippen LogP contribution in [0, 0.1) is 35.1 Å². The molecule has 0 saturated carbocycles. The third kappa shape index (κ3) is 2.75. The Morgan fingerprint density at radius 2 is 1.74 bits per heavy atom. The van der Waals surface area contributed by atoms with Crippen LogP contribution >= 0.6 is 0 Å². The Morgan fingerprint density at radius 1 is 1.21 bits per heavy atom. The van der Waals surface area contributed by atoms with Gasteiger partial charge in [0.1, 0.15) is 11.1 Å². The topological polar surface area (TPSA) is 86.1 Å². The van der Waals surface area contributed by atoms with Crippen LogP contribution in [0.25, 0.3) is 10.4 Å². The Kier molecular flexibility index (Phi) is 4.34. The number of azide groups is 1. The van der Waals surface area contributed by atoms with Gasteiger partial charge in [0, 0.05) is 4.91 Å². The average Bonchev–Trinajstić information content (AvgIpc) is 2.35. The monoisotopic (exact) mass is 273 g/mol. The number of carboxylic acid groups (broad SMARTS) is 1. The van der Waals surface area contributed by atoms with Crippen molar-refractivity contribution in [1.29, 1.82) is 0 Å². The maximum Gasteiger partial charge on any atom is 0.341 e. The minimum atomic E-state index is -2.15. The summed E-state index contributed by atoms with van der Waals surface area (Å²) in [6, 6.07) is 0. The summed E-state index contributed by atoms with van der Waals surface area (Å²) in [4.78, 5) is 12.7. The average molecular weight is 273 g/mol. The molecule has 0 fully saturated rings. The first-order valence-electron chi connectivity index (χ1n) is 4.50. The highest BCUT2D eigenvalue weighted by Crippen LogP contribution is 2.23. The van der Waals surface area contributed by atoms with E-state index in [1.807, 2.05) is 5.92 Å². The van der Waals surface area contributed by atoms with Gasteiger partial charge in [-0.25, -0.2) is 22.4 Å². The molecule has 0 unspecified atom stereocenters. The van der Waals surface area contributed by atoms with E-state index in [2.05, 4.69) is 10.0 Å². The standard InChI is InChI=1S/C10H3F4N3O2/c11-6-4(2-1-3-16-17-15)7(12)9(14)5(8(6)13)10(18)19/h3H2,(H,18,19). The van der Waals surface area contributed by atoms with Gasteiger partial charge in [0.15, 0.2) is 23.3 Å². The lowest BCUT2D eigenvalue weighted by atomic mass is 10.1. The zero-order valence-electron chi connectivity index (χ0n) is 8.92. The van der Waals surface area contributed by atoms with Crippen molar-refractivity contribution in [3.05, 3.63) is 44.8 Å². The van der Waals surface area contributed by atoms with Crippen LogP contribution in [0.5, 0.6) is 0 Å². The Morgan fingerprint density at radius 3 is 2.16 bits per heavy atom. The van der Waals surface area contributed by atoms with Crippen molar-refractivity contribution >= 4 is 5.97 Å². The van der Waals surface area contributed by atoms with Gasteiger partial charge < -0.3 is 5.11 Å². The van der Waals surface area contributed by atoms with Gasteiger partial charge in [-0.15, -0.1) is 0 Å². The number of hydrogen-bond acceptors (Lipinski definition) is 2. The molecule has 9 heteroatoms. The van der Waals surface area contributed by atoms with Gasteiger partial charge >= 0.3 is 5.97 Å². The minimum Gasteiger partial charge on any atom is -0.477 e. The van der Waals surface area contributed by atoms with E-state index in [1.165, 1.54) is 0 Å². The van der Waals surface area contributed by atoms with Gasteiger partial charge in [0.05, 0.1) is 6.54 Å². The summed E-state index contributed by atoms with van der Waals surface area (Å²) in [6.45, 7) is -0.473. The summed E-state index contributed by atoms with van der Waals surface area (Å²) in [7, 11) is 0. The number of carbonyl (C=O) groups is 1. The molecule has 0 radical (unpaired) electrons. The van der Waals surface area contributed by atoms with Gasteiger partial charge in [-0.2, -0.15) is 0 Å². The number of halogens is 4. The summed E-state index contributed by atoms with van der Waals surface area (Å²) >= 11 is 0. The minimum absolute atomic E-state index is 0.473. The van der Waals surface area contributed by atoms with E-state index in [0.29, 0.717) is 0 Å². The van der Waals surface area contributed by atoms with Crippen LogP contribution in [0.4, 0.5) is 17.6 Å². The molecular weight excluding hydrogens is 270 g/mol. The molecule has 0 aromatic heterocycles. The van der Waals surface area contributed by atoms with Crippen LogP contribution in [0.3, 0.4) is 0 Å². The first kappa shape index (κ1) is 14.3. The van der Waals surface area contributed by atoms with Crippen molar-refractivity contribution < 1.29 is 27.5 Å². The summed E-state index contributed by atoms with van der Waals surface area (Å²) in [6.07, 6.45) is 0. The van der Waals surface area contributed by atoms with Crippen molar-refractivity contribution in [3.63, 3.8) is 0 Å². The van der Waals surface area contributed by atoms with Crippen molar-refractivity contribution in [1.82, 2.24) is 0 Å². The largest absolute Gasteiger partial charge is 0.477 e. The molecule has 19 heavy (non-hydrogen) atoms. The van der Waals surface area contributed by atoms with E-state index < -0.39 is 46.9 Å². The van der Waals surface area contributed by atoms with Crippen LogP contribution in [-0.4, -0.2) is 17.6 Å². The molecule has 0 spiro atoms. The molecule has 0 amide bonds. The first-order chi connectivity index (χ1) is 8.91. The van der Waals surface area contributed by atoms with E-state index >= 15 is 0 Å². The second kappa shape index (κ2) is 5.75. The number of aromatic carboxylic acids is 1. The molecule has 0 aliphatic heterocycles. The van der Waals surface area contributed by atoms with Crippen LogP contribution < -0.4 is 0 Å². The quantitative estimate of drug-likeness (QED) is 0.224. The van der Waals surface area contributed by atoms with Crippen molar-refractivity contribution in [3.8, 4) is 11.8 Å². The van der Waals surface area contributed by atoms with Crippen molar-refractivity contribution in [2.45, 2.75) is 0 Å². The van der Waals surface area contributed by atoms with E-state index in [4.69, 9.17) is 10.6 Å². The van der Waals surface area contributed by atoms with Gasteiger partial charge in [-0.1, -0.05) is 17.0 Å². The Labute approximate surface area is 103 Å². The molecule has 0 aliphatic rings. The number of nitrogens with zero attached hydrogens (tertiary/aromatic N) is 3. The molecule has 1 N–H and O–H groups in total. The summed E-state index contributed by atoms with van der Waals surface area (Å²) in [5.41, 5.74) is 4.91. The number of carboxylic acids is 1. The van der Waals surface area contributed by atoms with Crippen LogP contribution in [0.15, 0.2) is 5.11 Å². The normalized spacial score (nSPS) is 9.26. The van der Waals surface area contributed by atoms with E-state index in [1.54, 1.807) is 5.92 Å². The fourth-order valence-corrected chi connectivity index (χ4v) is 1.12. The molecule has 0 saturated heterocycles. The van der Waals surface area contributed by atoms with Crippen molar-refractivity contribution in [2.24, 2.45) is 5.11 Å². The second-order valence-corrected chi connectivity index (χ2v) is 3.00. The maximum atomic E-state index is 13.3.